The van der Waals surface area contributed by atoms with Gasteiger partial charge in [0.15, 0.2) is 0 Å². The molecule has 1 aromatic heterocycles. The zero-order valence-corrected chi connectivity index (χ0v) is 10.9. The zero-order chi connectivity index (χ0) is 9.68. The number of thiol groups is 1. The van der Waals surface area contributed by atoms with Crippen LogP contribution in [0.3, 0.4) is 0 Å². The van der Waals surface area contributed by atoms with E-state index in [2.05, 4.69) is 52.0 Å². The molecule has 2 nitrogen and oxygen atoms in total. The van der Waals surface area contributed by atoms with Crippen molar-refractivity contribution in [1.29, 1.82) is 0 Å². The first kappa shape index (κ1) is 11.1. The molecule has 0 unspecified atom stereocenters. The van der Waals surface area contributed by atoms with E-state index in [1.807, 2.05) is 0 Å². The topological polar surface area (TPSA) is 17.3 Å². The quantitative estimate of drug-likeness (QED) is 0.399. The normalized spacial score (nSPS) is 12.4. The third-order valence-corrected chi connectivity index (χ3v) is 3.95. The SMILES string of the molecule is CCCn1cccc([I-]C)c1=NS. The van der Waals surface area contributed by atoms with Gasteiger partial charge in [-0.2, -0.15) is 0 Å². The molecule has 0 radical (unpaired) electrons. The van der Waals surface area contributed by atoms with E-state index in [4.69, 9.17) is 0 Å². The summed E-state index contributed by atoms with van der Waals surface area (Å²) in [6, 6.07) is 4.24. The number of halogens is 1. The van der Waals surface area contributed by atoms with E-state index in [0.717, 1.165) is 18.5 Å². The van der Waals surface area contributed by atoms with E-state index in [-0.39, 0.29) is 21.2 Å². The molecule has 0 spiro atoms. The first-order chi connectivity index (χ1) is 6.33. The van der Waals surface area contributed by atoms with Crippen LogP contribution in [0.4, 0.5) is 0 Å². The van der Waals surface area contributed by atoms with Crippen LogP contribution in [0.1, 0.15) is 13.3 Å². The van der Waals surface area contributed by atoms with Crippen LogP contribution in [-0.4, -0.2) is 9.50 Å². The maximum absolute atomic E-state index is 4.04. The first-order valence-corrected chi connectivity index (χ1v) is 7.84. The van der Waals surface area contributed by atoms with Crippen molar-refractivity contribution >= 4 is 12.8 Å². The second-order valence-corrected chi connectivity index (χ2v) is 5.10. The van der Waals surface area contributed by atoms with Crippen LogP contribution < -0.4 is 26.7 Å². The van der Waals surface area contributed by atoms with Gasteiger partial charge in [-0.1, -0.05) is 0 Å². The van der Waals surface area contributed by atoms with E-state index in [1.54, 1.807) is 0 Å². The average molecular weight is 309 g/mol. The molecular formula is C9H14IN2S-. The number of alkyl halides is 1. The Morgan fingerprint density at radius 2 is 2.38 bits per heavy atom. The van der Waals surface area contributed by atoms with Crippen molar-refractivity contribution in [1.82, 2.24) is 4.57 Å². The van der Waals surface area contributed by atoms with Crippen molar-refractivity contribution < 1.29 is 21.2 Å². The molecule has 0 aliphatic rings. The summed E-state index contributed by atoms with van der Waals surface area (Å²) in [7, 11) is 0. The minimum absolute atomic E-state index is 0.0896. The van der Waals surface area contributed by atoms with Gasteiger partial charge in [-0.25, -0.2) is 0 Å². The van der Waals surface area contributed by atoms with Crippen LogP contribution >= 0.6 is 12.8 Å². The summed E-state index contributed by atoms with van der Waals surface area (Å²) in [5, 5.41) is 0. The van der Waals surface area contributed by atoms with Gasteiger partial charge in [0.1, 0.15) is 0 Å². The Hall–Kier alpha value is 0.0300. The summed E-state index contributed by atoms with van der Waals surface area (Å²) < 4.78 is 7.58. The number of hydrogen-bond donors (Lipinski definition) is 1. The number of aromatic nitrogens is 1. The summed E-state index contributed by atoms with van der Waals surface area (Å²) in [6.07, 6.45) is 3.20. The molecule has 0 aliphatic carbocycles. The van der Waals surface area contributed by atoms with Gasteiger partial charge in [0.2, 0.25) is 0 Å². The minimum atomic E-state index is 0.0896. The van der Waals surface area contributed by atoms with Gasteiger partial charge in [-0.3, -0.25) is 0 Å². The predicted molar refractivity (Wildman–Crippen MR) is 53.9 cm³/mol. The fourth-order valence-corrected chi connectivity index (χ4v) is 3.08. The van der Waals surface area contributed by atoms with E-state index < -0.39 is 0 Å². The Morgan fingerprint density at radius 3 is 2.92 bits per heavy atom. The van der Waals surface area contributed by atoms with Crippen LogP contribution in [-0.2, 0) is 6.54 Å². The van der Waals surface area contributed by atoms with Crippen molar-refractivity contribution in [3.05, 3.63) is 27.4 Å². The molecule has 4 heteroatoms. The molecule has 0 bridgehead atoms. The summed E-state index contributed by atoms with van der Waals surface area (Å²) in [4.78, 5) is 2.24. The van der Waals surface area contributed by atoms with Gasteiger partial charge in [0.25, 0.3) is 0 Å². The monoisotopic (exact) mass is 309 g/mol. The van der Waals surface area contributed by atoms with Crippen molar-refractivity contribution in [3.8, 4) is 0 Å². The Kier molecular flexibility index (Phi) is 4.87. The summed E-state index contributed by atoms with van der Waals surface area (Å²) in [5.74, 6) is 0. The van der Waals surface area contributed by atoms with Crippen LogP contribution in [0, 0.1) is 3.57 Å². The van der Waals surface area contributed by atoms with Crippen molar-refractivity contribution in [2.45, 2.75) is 19.9 Å². The fraction of sp³-hybridized carbons (Fsp3) is 0.444. The molecule has 0 saturated heterocycles. The Morgan fingerprint density at radius 1 is 1.62 bits per heavy atom. The van der Waals surface area contributed by atoms with Gasteiger partial charge >= 0.3 is 95.2 Å². The molecule has 0 N–H and O–H groups in total. The summed E-state index contributed by atoms with van der Waals surface area (Å²) in [6.45, 7) is 3.19. The fourth-order valence-electron chi connectivity index (χ4n) is 1.19. The molecule has 74 valence electrons. The number of rotatable bonds is 3. The van der Waals surface area contributed by atoms with Crippen LogP contribution in [0.15, 0.2) is 22.7 Å². The second-order valence-electron chi connectivity index (χ2n) is 2.66. The number of nitrogens with zero attached hydrogens (tertiary/aromatic N) is 2. The molecule has 0 aliphatic heterocycles. The van der Waals surface area contributed by atoms with Gasteiger partial charge < -0.3 is 0 Å². The summed E-state index contributed by atoms with van der Waals surface area (Å²) >= 11 is 4.11. The number of aryl methyl sites for hydroxylation is 1. The predicted octanol–water partition coefficient (Wildman–Crippen LogP) is -1.47. The molecular weight excluding hydrogens is 295 g/mol. The molecule has 1 heterocycles. The van der Waals surface area contributed by atoms with E-state index in [9.17, 15) is 0 Å². The van der Waals surface area contributed by atoms with Crippen LogP contribution in [0.25, 0.3) is 0 Å². The Bertz CT molecular complexity index is 333. The van der Waals surface area contributed by atoms with E-state index in [1.165, 1.54) is 3.57 Å². The molecule has 13 heavy (non-hydrogen) atoms. The van der Waals surface area contributed by atoms with Gasteiger partial charge in [0, 0.05) is 0 Å². The molecule has 0 saturated carbocycles. The van der Waals surface area contributed by atoms with Gasteiger partial charge in [-0.15, -0.1) is 0 Å². The van der Waals surface area contributed by atoms with E-state index in [0.29, 0.717) is 0 Å². The van der Waals surface area contributed by atoms with Crippen LogP contribution in [0.5, 0.6) is 0 Å². The standard InChI is InChI=1S/C9H14IN2S/c1-3-6-12-7-4-5-8(10-2)9(12)11-13/h4-5,7,13H,3,6H2,1-2H3/q-1. The molecule has 0 fully saturated rings. The van der Waals surface area contributed by atoms with Crippen molar-refractivity contribution in [3.63, 3.8) is 0 Å². The Balaban J connectivity index is 3.20. The third-order valence-electron chi connectivity index (χ3n) is 1.76. The molecule has 0 amide bonds. The van der Waals surface area contributed by atoms with E-state index >= 15 is 0 Å². The summed E-state index contributed by atoms with van der Waals surface area (Å²) in [5.41, 5.74) is 1.04. The van der Waals surface area contributed by atoms with Gasteiger partial charge in [0.05, 0.1) is 0 Å². The third kappa shape index (κ3) is 2.74. The average Bonchev–Trinajstić information content (AvgIpc) is 2.18. The maximum atomic E-state index is 4.04. The van der Waals surface area contributed by atoms with Gasteiger partial charge in [-0.05, 0) is 0 Å². The molecule has 0 aromatic carbocycles. The van der Waals surface area contributed by atoms with Crippen LogP contribution in [0.2, 0.25) is 0 Å². The number of pyridine rings is 1. The molecule has 1 aromatic rings. The molecule has 1 rings (SSSR count). The van der Waals surface area contributed by atoms with Crippen molar-refractivity contribution in [2.75, 3.05) is 4.93 Å². The number of hydrogen-bond acceptors (Lipinski definition) is 2. The Labute approximate surface area is 94.9 Å². The second kappa shape index (κ2) is 5.70. The van der Waals surface area contributed by atoms with Crippen molar-refractivity contribution in [2.24, 2.45) is 4.40 Å². The first-order valence-electron chi connectivity index (χ1n) is 4.20. The zero-order valence-electron chi connectivity index (χ0n) is 7.87. The molecule has 0 atom stereocenters.